The highest BCUT2D eigenvalue weighted by Gasteiger charge is 2.15. The molecule has 106 valence electrons. The number of rotatable bonds is 2. The van der Waals surface area contributed by atoms with Gasteiger partial charge >= 0.3 is 0 Å². The number of hydrogen-bond donors (Lipinski definition) is 1. The maximum absolute atomic E-state index is 12.3. The van der Waals surface area contributed by atoms with Crippen molar-refractivity contribution in [3.05, 3.63) is 50.4 Å². The molecule has 2 rings (SSSR count). The first kappa shape index (κ1) is 14.5. The molecule has 0 bridgehead atoms. The zero-order valence-electron chi connectivity index (χ0n) is 13.1. The van der Waals surface area contributed by atoms with Gasteiger partial charge in [-0.3, -0.25) is 4.79 Å². The van der Waals surface area contributed by atoms with E-state index in [4.69, 9.17) is 0 Å². The Bertz CT molecular complexity index is 688. The number of hydrogen-bond acceptors (Lipinski definition) is 2. The number of nitrogens with zero attached hydrogens (tertiary/aromatic N) is 1. The Hall–Kier alpha value is -1.90. The molecule has 2 aromatic rings. The third-order valence-electron chi connectivity index (χ3n) is 3.64. The molecule has 0 radical (unpaired) electrons. The lowest BCUT2D eigenvalue weighted by Crippen LogP contribution is -2.19. The van der Waals surface area contributed by atoms with Gasteiger partial charge in [0.05, 0.1) is 0 Å². The second kappa shape index (κ2) is 5.23. The Morgan fingerprint density at radius 1 is 1.05 bits per heavy atom. The average molecular weight is 270 g/mol. The highest BCUT2D eigenvalue weighted by Crippen LogP contribution is 2.26. The summed E-state index contributed by atoms with van der Waals surface area (Å²) in [6, 6.07) is 4.24. The Balaban J connectivity index is 2.70. The molecule has 1 N–H and O–H groups in total. The number of H-pyrrole nitrogens is 1. The predicted molar refractivity (Wildman–Crippen MR) is 83.3 cm³/mol. The van der Waals surface area contributed by atoms with Gasteiger partial charge in [-0.1, -0.05) is 31.5 Å². The fourth-order valence-electron chi connectivity index (χ4n) is 2.95. The maximum Gasteiger partial charge on any atom is 0.254 e. The number of aryl methyl sites for hydroxylation is 4. The van der Waals surface area contributed by atoms with Crippen LogP contribution in [0.5, 0.6) is 0 Å². The molecule has 0 saturated carbocycles. The van der Waals surface area contributed by atoms with E-state index < -0.39 is 0 Å². The van der Waals surface area contributed by atoms with Crippen LogP contribution in [0.4, 0.5) is 0 Å². The van der Waals surface area contributed by atoms with Crippen LogP contribution >= 0.6 is 0 Å². The van der Waals surface area contributed by atoms with Gasteiger partial charge in [-0.05, 0) is 44.7 Å². The van der Waals surface area contributed by atoms with E-state index in [1.165, 1.54) is 5.56 Å². The molecule has 0 spiro atoms. The number of benzene rings is 1. The normalized spacial score (nSPS) is 11.2. The summed E-state index contributed by atoms with van der Waals surface area (Å²) in [5.41, 5.74) is 6.11. The second-order valence-electron chi connectivity index (χ2n) is 5.84. The van der Waals surface area contributed by atoms with Crippen LogP contribution in [0, 0.1) is 27.7 Å². The summed E-state index contributed by atoms with van der Waals surface area (Å²) in [5.74, 6) is 0.854. The summed E-state index contributed by atoms with van der Waals surface area (Å²) >= 11 is 0. The number of aromatic nitrogens is 2. The average Bonchev–Trinajstić information content (AvgIpc) is 2.25. The van der Waals surface area contributed by atoms with Gasteiger partial charge in [-0.25, -0.2) is 4.98 Å². The highest BCUT2D eigenvalue weighted by atomic mass is 16.1. The minimum absolute atomic E-state index is 0.0260. The Morgan fingerprint density at radius 3 is 2.05 bits per heavy atom. The van der Waals surface area contributed by atoms with E-state index in [0.29, 0.717) is 5.82 Å². The predicted octanol–water partition coefficient (Wildman–Crippen LogP) is 3.79. The second-order valence-corrected chi connectivity index (χ2v) is 5.84. The monoisotopic (exact) mass is 270 g/mol. The van der Waals surface area contributed by atoms with Crippen LogP contribution < -0.4 is 5.56 Å². The lowest BCUT2D eigenvalue weighted by molar-refractivity contribution is 0.814. The Morgan fingerprint density at radius 2 is 1.60 bits per heavy atom. The summed E-state index contributed by atoms with van der Waals surface area (Å²) in [7, 11) is 0. The molecule has 1 aromatic carbocycles. The van der Waals surface area contributed by atoms with E-state index in [0.717, 1.165) is 27.9 Å². The molecule has 3 heteroatoms. The molecule has 0 saturated heterocycles. The van der Waals surface area contributed by atoms with Crippen LogP contribution in [0.15, 0.2) is 16.9 Å². The summed E-state index contributed by atoms with van der Waals surface area (Å²) in [6.45, 7) is 12.1. The summed E-state index contributed by atoms with van der Waals surface area (Å²) < 4.78 is 0. The third kappa shape index (κ3) is 2.53. The van der Waals surface area contributed by atoms with E-state index in [-0.39, 0.29) is 11.5 Å². The molecule has 0 unspecified atom stereocenters. The first-order valence-corrected chi connectivity index (χ1v) is 7.00. The zero-order valence-corrected chi connectivity index (χ0v) is 13.1. The standard InChI is InChI=1S/C17H22N2O/c1-9(2)14-13(6)18-16(19-17(14)20)15-11(4)7-10(3)8-12(15)5/h7-9H,1-6H3,(H,18,19,20). The van der Waals surface area contributed by atoms with E-state index in [1.54, 1.807) is 0 Å². The number of nitrogens with one attached hydrogen (secondary N) is 1. The highest BCUT2D eigenvalue weighted by molar-refractivity contribution is 5.65. The largest absolute Gasteiger partial charge is 0.306 e. The van der Waals surface area contributed by atoms with Crippen molar-refractivity contribution < 1.29 is 0 Å². The van der Waals surface area contributed by atoms with E-state index >= 15 is 0 Å². The summed E-state index contributed by atoms with van der Waals surface area (Å²) in [4.78, 5) is 19.8. The van der Waals surface area contributed by atoms with Crippen LogP contribution in [-0.4, -0.2) is 9.97 Å². The summed E-state index contributed by atoms with van der Waals surface area (Å²) in [6.07, 6.45) is 0. The van der Waals surface area contributed by atoms with Crippen molar-refractivity contribution in [3.63, 3.8) is 0 Å². The summed E-state index contributed by atoms with van der Waals surface area (Å²) in [5, 5.41) is 0. The Kier molecular flexibility index (Phi) is 3.80. The first-order chi connectivity index (χ1) is 9.31. The van der Waals surface area contributed by atoms with Crippen LogP contribution in [0.25, 0.3) is 11.4 Å². The molecule has 20 heavy (non-hydrogen) atoms. The maximum atomic E-state index is 12.3. The Labute approximate surface area is 120 Å². The van der Waals surface area contributed by atoms with E-state index in [9.17, 15) is 4.79 Å². The van der Waals surface area contributed by atoms with Crippen molar-refractivity contribution in [2.24, 2.45) is 0 Å². The van der Waals surface area contributed by atoms with Crippen molar-refractivity contribution >= 4 is 0 Å². The zero-order chi connectivity index (χ0) is 15.0. The molecule has 0 fully saturated rings. The molecule has 1 aromatic heterocycles. The molecular weight excluding hydrogens is 248 g/mol. The van der Waals surface area contributed by atoms with Crippen LogP contribution in [0.2, 0.25) is 0 Å². The minimum atomic E-state index is -0.0260. The SMILES string of the molecule is Cc1cc(C)c(-c2nc(C)c(C(C)C)c(=O)[nH]2)c(C)c1. The van der Waals surface area contributed by atoms with Crippen molar-refractivity contribution in [2.75, 3.05) is 0 Å². The van der Waals surface area contributed by atoms with Crippen LogP contribution in [0.3, 0.4) is 0 Å². The fraction of sp³-hybridized carbons (Fsp3) is 0.412. The smallest absolute Gasteiger partial charge is 0.254 e. The van der Waals surface area contributed by atoms with Gasteiger partial charge < -0.3 is 4.98 Å². The lowest BCUT2D eigenvalue weighted by Gasteiger charge is -2.13. The van der Waals surface area contributed by atoms with Gasteiger partial charge in [0, 0.05) is 16.8 Å². The minimum Gasteiger partial charge on any atom is -0.306 e. The molecular formula is C17H22N2O. The van der Waals surface area contributed by atoms with Gasteiger partial charge in [-0.15, -0.1) is 0 Å². The van der Waals surface area contributed by atoms with E-state index in [1.807, 2.05) is 20.8 Å². The molecule has 0 aliphatic heterocycles. The first-order valence-electron chi connectivity index (χ1n) is 7.00. The quantitative estimate of drug-likeness (QED) is 0.902. The molecule has 3 nitrogen and oxygen atoms in total. The van der Waals surface area contributed by atoms with Gasteiger partial charge in [0.2, 0.25) is 0 Å². The molecule has 0 aliphatic rings. The molecule has 0 amide bonds. The molecule has 0 atom stereocenters. The third-order valence-corrected chi connectivity index (χ3v) is 3.64. The molecule has 0 aliphatic carbocycles. The van der Waals surface area contributed by atoms with Gasteiger partial charge in [0.15, 0.2) is 0 Å². The topological polar surface area (TPSA) is 45.8 Å². The van der Waals surface area contributed by atoms with Gasteiger partial charge in [0.1, 0.15) is 5.82 Å². The lowest BCUT2D eigenvalue weighted by atomic mass is 9.98. The van der Waals surface area contributed by atoms with Crippen molar-refractivity contribution in [1.29, 1.82) is 0 Å². The van der Waals surface area contributed by atoms with Gasteiger partial charge in [-0.2, -0.15) is 0 Å². The van der Waals surface area contributed by atoms with Gasteiger partial charge in [0.25, 0.3) is 5.56 Å². The fourth-order valence-corrected chi connectivity index (χ4v) is 2.95. The number of aromatic amines is 1. The van der Waals surface area contributed by atoms with Crippen LogP contribution in [0.1, 0.15) is 47.7 Å². The van der Waals surface area contributed by atoms with Crippen molar-refractivity contribution in [3.8, 4) is 11.4 Å². The van der Waals surface area contributed by atoms with E-state index in [2.05, 4.69) is 42.9 Å². The van der Waals surface area contributed by atoms with Crippen molar-refractivity contribution in [1.82, 2.24) is 9.97 Å². The molecule has 1 heterocycles. The van der Waals surface area contributed by atoms with Crippen LogP contribution in [-0.2, 0) is 0 Å². The van der Waals surface area contributed by atoms with Crippen molar-refractivity contribution in [2.45, 2.75) is 47.5 Å².